The third-order valence-electron chi connectivity index (χ3n) is 2.65. The Balaban J connectivity index is 2.44. The molecule has 1 rings (SSSR count). The predicted molar refractivity (Wildman–Crippen MR) is 74.0 cm³/mol. The van der Waals surface area contributed by atoms with Crippen molar-refractivity contribution >= 4 is 12.6 Å². The van der Waals surface area contributed by atoms with Crippen molar-refractivity contribution in [1.29, 1.82) is 0 Å². The Bertz CT molecular complexity index is 284. The van der Waals surface area contributed by atoms with Crippen molar-refractivity contribution in [3.8, 4) is 0 Å². The van der Waals surface area contributed by atoms with Gasteiger partial charge in [-0.1, -0.05) is 24.3 Å². The smallest absolute Gasteiger partial charge is 0.0430 e. The molecule has 1 aromatic carbocycles. The van der Waals surface area contributed by atoms with E-state index in [2.05, 4.69) is 49.1 Å². The number of rotatable bonds is 7. The zero-order valence-electron chi connectivity index (χ0n) is 9.95. The molecule has 0 aromatic heterocycles. The molecule has 0 aliphatic carbocycles. The SMILES string of the molecule is CC(Cc1ccc(CCCS)cc1)NCN. The lowest BCUT2D eigenvalue weighted by atomic mass is 10.0. The summed E-state index contributed by atoms with van der Waals surface area (Å²) in [5.74, 6) is 0.958. The van der Waals surface area contributed by atoms with Crippen molar-refractivity contribution in [2.45, 2.75) is 32.2 Å². The molecule has 3 heteroatoms. The molecule has 1 aromatic rings. The molecule has 0 radical (unpaired) electrons. The van der Waals surface area contributed by atoms with Crippen molar-refractivity contribution < 1.29 is 0 Å². The summed E-state index contributed by atoms with van der Waals surface area (Å²) >= 11 is 4.22. The monoisotopic (exact) mass is 238 g/mol. The first-order chi connectivity index (χ1) is 7.76. The molecule has 0 saturated heterocycles. The summed E-state index contributed by atoms with van der Waals surface area (Å²) < 4.78 is 0. The lowest BCUT2D eigenvalue weighted by Gasteiger charge is -2.12. The van der Waals surface area contributed by atoms with E-state index in [9.17, 15) is 0 Å². The van der Waals surface area contributed by atoms with Crippen molar-refractivity contribution in [2.75, 3.05) is 12.4 Å². The highest BCUT2D eigenvalue weighted by Crippen LogP contribution is 2.09. The molecule has 0 saturated carbocycles. The molecule has 0 aliphatic rings. The molecule has 0 fully saturated rings. The van der Waals surface area contributed by atoms with Crippen LogP contribution in [0.1, 0.15) is 24.5 Å². The minimum atomic E-state index is 0.438. The van der Waals surface area contributed by atoms with Crippen LogP contribution in [0.3, 0.4) is 0 Å². The fourth-order valence-electron chi connectivity index (χ4n) is 1.75. The van der Waals surface area contributed by atoms with E-state index in [0.29, 0.717) is 12.7 Å². The minimum Gasteiger partial charge on any atom is -0.318 e. The van der Waals surface area contributed by atoms with Gasteiger partial charge in [0.1, 0.15) is 0 Å². The normalized spacial score (nSPS) is 12.7. The highest BCUT2D eigenvalue weighted by Gasteiger charge is 2.01. The summed E-state index contributed by atoms with van der Waals surface area (Å²) in [7, 11) is 0. The standard InChI is InChI=1S/C13H22N2S/c1-11(15-10-14)9-13-6-4-12(5-7-13)3-2-8-16/h4-7,11,15-16H,2-3,8-10,14H2,1H3. The first-order valence-corrected chi connectivity index (χ1v) is 6.51. The Morgan fingerprint density at radius 2 is 1.88 bits per heavy atom. The fourth-order valence-corrected chi connectivity index (χ4v) is 1.91. The van der Waals surface area contributed by atoms with Gasteiger partial charge >= 0.3 is 0 Å². The van der Waals surface area contributed by atoms with Gasteiger partial charge in [-0.3, -0.25) is 0 Å². The van der Waals surface area contributed by atoms with E-state index in [1.807, 2.05) is 0 Å². The summed E-state index contributed by atoms with van der Waals surface area (Å²) in [6.45, 7) is 2.70. The molecule has 0 spiro atoms. The number of nitrogens with one attached hydrogen (secondary N) is 1. The van der Waals surface area contributed by atoms with Gasteiger partial charge in [0.15, 0.2) is 0 Å². The van der Waals surface area contributed by atoms with Gasteiger partial charge in [-0.05, 0) is 43.1 Å². The Labute approximate surface area is 104 Å². The van der Waals surface area contributed by atoms with Gasteiger partial charge in [0.2, 0.25) is 0 Å². The van der Waals surface area contributed by atoms with Gasteiger partial charge in [0.05, 0.1) is 0 Å². The van der Waals surface area contributed by atoms with Crippen LogP contribution in [-0.4, -0.2) is 18.5 Å². The first-order valence-electron chi connectivity index (χ1n) is 5.88. The zero-order chi connectivity index (χ0) is 11.8. The molecule has 16 heavy (non-hydrogen) atoms. The molecule has 0 amide bonds. The maximum Gasteiger partial charge on any atom is 0.0430 e. The first kappa shape index (κ1) is 13.6. The third-order valence-corrected chi connectivity index (χ3v) is 2.97. The number of benzene rings is 1. The van der Waals surface area contributed by atoms with Crippen LogP contribution in [0.5, 0.6) is 0 Å². The van der Waals surface area contributed by atoms with Crippen molar-refractivity contribution in [1.82, 2.24) is 5.32 Å². The summed E-state index contributed by atoms with van der Waals surface area (Å²) in [6.07, 6.45) is 3.30. The summed E-state index contributed by atoms with van der Waals surface area (Å²) in [4.78, 5) is 0. The Morgan fingerprint density at radius 1 is 1.25 bits per heavy atom. The fraction of sp³-hybridized carbons (Fsp3) is 0.538. The van der Waals surface area contributed by atoms with Crippen LogP contribution < -0.4 is 11.1 Å². The minimum absolute atomic E-state index is 0.438. The number of hydrogen-bond donors (Lipinski definition) is 3. The molecular weight excluding hydrogens is 216 g/mol. The largest absolute Gasteiger partial charge is 0.318 e. The Hall–Kier alpha value is -0.510. The van der Waals surface area contributed by atoms with Gasteiger partial charge in [0, 0.05) is 12.7 Å². The number of nitrogens with two attached hydrogens (primary N) is 1. The lowest BCUT2D eigenvalue weighted by Crippen LogP contribution is -2.32. The predicted octanol–water partition coefficient (Wildman–Crippen LogP) is 1.99. The summed E-state index contributed by atoms with van der Waals surface area (Å²) in [5, 5.41) is 3.21. The molecule has 1 unspecified atom stereocenters. The van der Waals surface area contributed by atoms with E-state index in [4.69, 9.17) is 5.73 Å². The maximum absolute atomic E-state index is 5.44. The van der Waals surface area contributed by atoms with E-state index in [1.165, 1.54) is 11.1 Å². The molecule has 0 aliphatic heterocycles. The Kier molecular flexibility index (Phi) is 6.53. The van der Waals surface area contributed by atoms with E-state index in [-0.39, 0.29) is 0 Å². The Morgan fingerprint density at radius 3 is 2.44 bits per heavy atom. The van der Waals surface area contributed by atoms with E-state index < -0.39 is 0 Å². The number of hydrogen-bond acceptors (Lipinski definition) is 3. The second-order valence-electron chi connectivity index (χ2n) is 4.16. The topological polar surface area (TPSA) is 38.0 Å². The van der Waals surface area contributed by atoms with Crippen LogP contribution in [0.2, 0.25) is 0 Å². The van der Waals surface area contributed by atoms with Gasteiger partial charge in [-0.2, -0.15) is 12.6 Å². The number of thiol groups is 1. The maximum atomic E-state index is 5.44. The van der Waals surface area contributed by atoms with Crippen LogP contribution in [0, 0.1) is 0 Å². The second-order valence-corrected chi connectivity index (χ2v) is 4.60. The van der Waals surface area contributed by atoms with E-state index in [0.717, 1.165) is 25.0 Å². The molecule has 1 atom stereocenters. The van der Waals surface area contributed by atoms with Crippen LogP contribution in [0.4, 0.5) is 0 Å². The summed E-state index contributed by atoms with van der Waals surface area (Å²) in [5.41, 5.74) is 8.21. The average molecular weight is 238 g/mol. The van der Waals surface area contributed by atoms with Crippen LogP contribution in [0.25, 0.3) is 0 Å². The highest BCUT2D eigenvalue weighted by molar-refractivity contribution is 7.80. The zero-order valence-corrected chi connectivity index (χ0v) is 10.8. The van der Waals surface area contributed by atoms with Crippen molar-refractivity contribution in [3.63, 3.8) is 0 Å². The molecule has 3 N–H and O–H groups in total. The van der Waals surface area contributed by atoms with Crippen LogP contribution >= 0.6 is 12.6 Å². The molecule has 0 heterocycles. The van der Waals surface area contributed by atoms with Gasteiger partial charge in [-0.25, -0.2) is 0 Å². The van der Waals surface area contributed by atoms with Crippen molar-refractivity contribution in [2.24, 2.45) is 5.73 Å². The molecule has 2 nitrogen and oxygen atoms in total. The lowest BCUT2D eigenvalue weighted by molar-refractivity contribution is 0.557. The van der Waals surface area contributed by atoms with Gasteiger partial charge < -0.3 is 11.1 Å². The third kappa shape index (κ3) is 5.01. The second kappa shape index (κ2) is 7.71. The number of aryl methyl sites for hydroxylation is 1. The molecule has 0 bridgehead atoms. The van der Waals surface area contributed by atoms with Crippen LogP contribution in [-0.2, 0) is 12.8 Å². The van der Waals surface area contributed by atoms with Gasteiger partial charge in [-0.15, -0.1) is 0 Å². The molecular formula is C13H22N2S. The van der Waals surface area contributed by atoms with E-state index in [1.54, 1.807) is 0 Å². The van der Waals surface area contributed by atoms with E-state index >= 15 is 0 Å². The quantitative estimate of drug-likeness (QED) is 0.502. The van der Waals surface area contributed by atoms with Crippen molar-refractivity contribution in [3.05, 3.63) is 35.4 Å². The van der Waals surface area contributed by atoms with Gasteiger partial charge in [0.25, 0.3) is 0 Å². The average Bonchev–Trinajstić information content (AvgIpc) is 2.28. The molecule has 90 valence electrons. The highest BCUT2D eigenvalue weighted by atomic mass is 32.1. The van der Waals surface area contributed by atoms with Crippen LogP contribution in [0.15, 0.2) is 24.3 Å². The summed E-state index contributed by atoms with van der Waals surface area (Å²) in [6, 6.07) is 9.29.